The Morgan fingerprint density at radius 1 is 1.64 bits per heavy atom. The SMILES string of the molecule is C=CCOC(=O)N1CCC1CC(=O)O. The molecule has 0 aromatic rings. The van der Waals surface area contributed by atoms with Crippen molar-refractivity contribution in [1.29, 1.82) is 0 Å². The van der Waals surface area contributed by atoms with E-state index < -0.39 is 12.1 Å². The van der Waals surface area contributed by atoms with Crippen LogP contribution >= 0.6 is 0 Å². The number of carbonyl (C=O) groups excluding carboxylic acids is 1. The van der Waals surface area contributed by atoms with Gasteiger partial charge in [-0.1, -0.05) is 12.7 Å². The number of carboxylic acid groups (broad SMARTS) is 1. The Balaban J connectivity index is 2.33. The second-order valence-electron chi connectivity index (χ2n) is 3.10. The number of likely N-dealkylation sites (tertiary alicyclic amines) is 1. The highest BCUT2D eigenvalue weighted by Gasteiger charge is 2.34. The van der Waals surface area contributed by atoms with Crippen LogP contribution in [0.4, 0.5) is 4.79 Å². The monoisotopic (exact) mass is 199 g/mol. The highest BCUT2D eigenvalue weighted by Crippen LogP contribution is 2.21. The third-order valence-electron chi connectivity index (χ3n) is 2.11. The van der Waals surface area contributed by atoms with Gasteiger partial charge in [-0.3, -0.25) is 4.79 Å². The average Bonchev–Trinajstić information content (AvgIpc) is 2.09. The predicted octanol–water partition coefficient (Wildman–Crippen LogP) is 0.858. The maximum absolute atomic E-state index is 11.2. The van der Waals surface area contributed by atoms with Crippen LogP contribution in [0.5, 0.6) is 0 Å². The molecule has 0 spiro atoms. The van der Waals surface area contributed by atoms with E-state index in [0.29, 0.717) is 6.54 Å². The van der Waals surface area contributed by atoms with E-state index in [-0.39, 0.29) is 19.1 Å². The molecule has 1 amide bonds. The minimum absolute atomic E-state index is 0.0107. The fraction of sp³-hybridized carbons (Fsp3) is 0.556. The molecule has 1 saturated heterocycles. The number of nitrogens with zero attached hydrogens (tertiary/aromatic N) is 1. The summed E-state index contributed by atoms with van der Waals surface area (Å²) >= 11 is 0. The molecule has 0 radical (unpaired) electrons. The topological polar surface area (TPSA) is 66.8 Å². The first-order valence-electron chi connectivity index (χ1n) is 4.41. The number of ether oxygens (including phenoxy) is 1. The number of amides is 1. The second-order valence-corrected chi connectivity index (χ2v) is 3.10. The molecule has 0 aliphatic carbocycles. The lowest BCUT2D eigenvalue weighted by atomic mass is 10.0. The molecule has 5 heteroatoms. The number of hydrogen-bond donors (Lipinski definition) is 1. The molecule has 1 heterocycles. The molecule has 14 heavy (non-hydrogen) atoms. The van der Waals surface area contributed by atoms with E-state index in [0.717, 1.165) is 6.42 Å². The largest absolute Gasteiger partial charge is 0.481 e. The van der Waals surface area contributed by atoms with Crippen LogP contribution in [0.2, 0.25) is 0 Å². The molecule has 78 valence electrons. The van der Waals surface area contributed by atoms with Crippen molar-refractivity contribution in [2.24, 2.45) is 0 Å². The quantitative estimate of drug-likeness (QED) is 0.682. The van der Waals surface area contributed by atoms with Crippen molar-refractivity contribution in [2.45, 2.75) is 18.9 Å². The van der Waals surface area contributed by atoms with Crippen LogP contribution in [0.1, 0.15) is 12.8 Å². The molecule has 1 aliphatic rings. The lowest BCUT2D eigenvalue weighted by molar-refractivity contribution is -0.139. The van der Waals surface area contributed by atoms with Gasteiger partial charge in [-0.2, -0.15) is 0 Å². The van der Waals surface area contributed by atoms with E-state index in [1.807, 2.05) is 0 Å². The summed E-state index contributed by atoms with van der Waals surface area (Å²) in [6.45, 7) is 4.15. The first kappa shape index (κ1) is 10.6. The summed E-state index contributed by atoms with van der Waals surface area (Å²) in [5, 5.41) is 8.53. The second kappa shape index (κ2) is 4.64. The van der Waals surface area contributed by atoms with Crippen molar-refractivity contribution >= 4 is 12.1 Å². The van der Waals surface area contributed by atoms with E-state index in [1.165, 1.54) is 11.0 Å². The van der Waals surface area contributed by atoms with Gasteiger partial charge in [0.2, 0.25) is 0 Å². The third-order valence-corrected chi connectivity index (χ3v) is 2.11. The minimum Gasteiger partial charge on any atom is -0.481 e. The van der Waals surface area contributed by atoms with Gasteiger partial charge in [-0.05, 0) is 6.42 Å². The van der Waals surface area contributed by atoms with Gasteiger partial charge in [0, 0.05) is 12.6 Å². The van der Waals surface area contributed by atoms with Crippen LogP contribution < -0.4 is 0 Å². The van der Waals surface area contributed by atoms with Gasteiger partial charge >= 0.3 is 12.1 Å². The van der Waals surface area contributed by atoms with E-state index in [1.54, 1.807) is 0 Å². The number of aliphatic carboxylic acids is 1. The van der Waals surface area contributed by atoms with Crippen LogP contribution in [0.3, 0.4) is 0 Å². The number of rotatable bonds is 4. The van der Waals surface area contributed by atoms with Crippen molar-refractivity contribution in [3.8, 4) is 0 Å². The number of hydrogen-bond acceptors (Lipinski definition) is 3. The van der Waals surface area contributed by atoms with Gasteiger partial charge in [0.05, 0.1) is 6.42 Å². The molecule has 1 N–H and O–H groups in total. The van der Waals surface area contributed by atoms with Gasteiger partial charge in [0.15, 0.2) is 0 Å². The van der Waals surface area contributed by atoms with Gasteiger partial charge in [0.25, 0.3) is 0 Å². The van der Waals surface area contributed by atoms with Crippen molar-refractivity contribution in [2.75, 3.05) is 13.2 Å². The Bertz CT molecular complexity index is 251. The maximum Gasteiger partial charge on any atom is 0.410 e. The summed E-state index contributed by atoms with van der Waals surface area (Å²) in [6.07, 6.45) is 1.74. The van der Waals surface area contributed by atoms with Gasteiger partial charge < -0.3 is 14.7 Å². The van der Waals surface area contributed by atoms with E-state index >= 15 is 0 Å². The normalized spacial score (nSPS) is 19.7. The highest BCUT2D eigenvalue weighted by molar-refractivity contribution is 5.72. The molecule has 0 aromatic carbocycles. The zero-order valence-corrected chi connectivity index (χ0v) is 7.81. The molecule has 5 nitrogen and oxygen atoms in total. The molecule has 1 rings (SSSR count). The Hall–Kier alpha value is -1.52. The molecular formula is C9H13NO4. The van der Waals surface area contributed by atoms with E-state index in [9.17, 15) is 9.59 Å². The fourth-order valence-electron chi connectivity index (χ4n) is 1.31. The van der Waals surface area contributed by atoms with Crippen LogP contribution in [0.15, 0.2) is 12.7 Å². The lowest BCUT2D eigenvalue weighted by Gasteiger charge is -2.38. The molecular weight excluding hydrogens is 186 g/mol. The lowest BCUT2D eigenvalue weighted by Crippen LogP contribution is -2.52. The highest BCUT2D eigenvalue weighted by atomic mass is 16.6. The standard InChI is InChI=1S/C9H13NO4/c1-2-5-14-9(13)10-4-3-7(10)6-8(11)12/h2,7H,1,3-6H2,(H,11,12). The molecule has 1 atom stereocenters. The zero-order valence-electron chi connectivity index (χ0n) is 7.81. The van der Waals surface area contributed by atoms with Crippen molar-refractivity contribution in [1.82, 2.24) is 4.90 Å². The van der Waals surface area contributed by atoms with Crippen molar-refractivity contribution in [3.63, 3.8) is 0 Å². The van der Waals surface area contributed by atoms with Gasteiger partial charge in [-0.25, -0.2) is 4.79 Å². The van der Waals surface area contributed by atoms with Crippen molar-refractivity contribution in [3.05, 3.63) is 12.7 Å². The smallest absolute Gasteiger partial charge is 0.410 e. The van der Waals surface area contributed by atoms with Crippen molar-refractivity contribution < 1.29 is 19.4 Å². The minimum atomic E-state index is -0.892. The van der Waals surface area contributed by atoms with Crippen LogP contribution in [-0.4, -0.2) is 41.3 Å². The first-order valence-corrected chi connectivity index (χ1v) is 4.41. The van der Waals surface area contributed by atoms with E-state index in [2.05, 4.69) is 6.58 Å². The van der Waals surface area contributed by atoms with Gasteiger partial charge in [0.1, 0.15) is 6.61 Å². The molecule has 1 unspecified atom stereocenters. The predicted molar refractivity (Wildman–Crippen MR) is 48.9 cm³/mol. The molecule has 0 bridgehead atoms. The third kappa shape index (κ3) is 2.48. The Morgan fingerprint density at radius 3 is 2.79 bits per heavy atom. The fourth-order valence-corrected chi connectivity index (χ4v) is 1.31. The van der Waals surface area contributed by atoms with E-state index in [4.69, 9.17) is 9.84 Å². The Labute approximate surface area is 82.0 Å². The average molecular weight is 199 g/mol. The van der Waals surface area contributed by atoms with Crippen LogP contribution in [0.25, 0.3) is 0 Å². The molecule has 0 saturated carbocycles. The first-order chi connectivity index (χ1) is 6.65. The maximum atomic E-state index is 11.2. The molecule has 1 aliphatic heterocycles. The molecule has 0 aromatic heterocycles. The van der Waals surface area contributed by atoms with Gasteiger partial charge in [-0.15, -0.1) is 0 Å². The Kier molecular flexibility index (Phi) is 3.50. The summed E-state index contributed by atoms with van der Waals surface area (Å²) in [5.74, 6) is -0.892. The summed E-state index contributed by atoms with van der Waals surface area (Å²) in [7, 11) is 0. The van der Waals surface area contributed by atoms with Crippen LogP contribution in [0, 0.1) is 0 Å². The molecule has 1 fully saturated rings. The summed E-state index contributed by atoms with van der Waals surface area (Å²) in [4.78, 5) is 23.1. The summed E-state index contributed by atoms with van der Waals surface area (Å²) < 4.78 is 4.78. The zero-order chi connectivity index (χ0) is 10.6. The number of carbonyl (C=O) groups is 2. The summed E-state index contributed by atoms with van der Waals surface area (Å²) in [6, 6.07) is -0.204. The van der Waals surface area contributed by atoms with Crippen LogP contribution in [-0.2, 0) is 9.53 Å². The number of carboxylic acids is 1. The Morgan fingerprint density at radius 2 is 2.36 bits per heavy atom. The summed E-state index contributed by atoms with van der Waals surface area (Å²) in [5.41, 5.74) is 0.